The van der Waals surface area contributed by atoms with Crippen LogP contribution >= 0.6 is 23.4 Å². The minimum absolute atomic E-state index is 0.0246. The topological polar surface area (TPSA) is 89.3 Å². The van der Waals surface area contributed by atoms with Gasteiger partial charge in [-0.1, -0.05) is 17.7 Å². The molecule has 0 spiro atoms. The largest absolute Gasteiger partial charge is 0.325 e. The fourth-order valence-corrected chi connectivity index (χ4v) is 3.65. The summed E-state index contributed by atoms with van der Waals surface area (Å²) in [4.78, 5) is 13.0. The zero-order valence-electron chi connectivity index (χ0n) is 13.2. The fraction of sp³-hybridized carbons (Fsp3) is 0.188. The monoisotopic (exact) mass is 384 g/mol. The molecule has 0 fully saturated rings. The number of carbonyl (C=O) groups is 1. The van der Waals surface area contributed by atoms with Crippen LogP contribution in [0, 0.1) is 13.8 Å². The molecule has 5 nitrogen and oxygen atoms in total. The van der Waals surface area contributed by atoms with E-state index in [1.54, 1.807) is 19.1 Å². The molecule has 0 heterocycles. The van der Waals surface area contributed by atoms with Gasteiger partial charge in [0.05, 0.1) is 10.6 Å². The Morgan fingerprint density at radius 2 is 1.96 bits per heavy atom. The second kappa shape index (κ2) is 7.57. The molecule has 0 radical (unpaired) electrons. The molecule has 0 aromatic heterocycles. The van der Waals surface area contributed by atoms with E-state index in [2.05, 4.69) is 5.32 Å². The Balaban J connectivity index is 2.12. The molecule has 0 unspecified atom stereocenters. The highest BCUT2D eigenvalue weighted by Gasteiger charge is 2.14. The molecule has 0 saturated carbocycles. The van der Waals surface area contributed by atoms with E-state index in [-0.39, 0.29) is 16.6 Å². The molecule has 0 saturated heterocycles. The number of benzene rings is 2. The molecule has 0 aliphatic heterocycles. The van der Waals surface area contributed by atoms with Gasteiger partial charge in [-0.2, -0.15) is 0 Å². The molecule has 2 aromatic rings. The van der Waals surface area contributed by atoms with E-state index in [4.69, 9.17) is 16.7 Å². The van der Waals surface area contributed by atoms with Gasteiger partial charge >= 0.3 is 0 Å². The third-order valence-corrected chi connectivity index (χ3v) is 5.53. The Kier molecular flexibility index (Phi) is 5.92. The summed E-state index contributed by atoms with van der Waals surface area (Å²) in [6.07, 6.45) is 0. The quantitative estimate of drug-likeness (QED) is 0.773. The summed E-state index contributed by atoms with van der Waals surface area (Å²) in [6, 6.07) is 10.1. The van der Waals surface area contributed by atoms with E-state index in [9.17, 15) is 13.2 Å². The molecule has 8 heteroatoms. The Morgan fingerprint density at radius 1 is 1.25 bits per heavy atom. The van der Waals surface area contributed by atoms with E-state index >= 15 is 0 Å². The molecule has 2 rings (SSSR count). The van der Waals surface area contributed by atoms with Crippen molar-refractivity contribution in [3.8, 4) is 0 Å². The number of nitrogens with one attached hydrogen (secondary N) is 1. The number of halogens is 1. The van der Waals surface area contributed by atoms with E-state index < -0.39 is 10.0 Å². The molecule has 0 atom stereocenters. The lowest BCUT2D eigenvalue weighted by atomic mass is 10.1. The molecule has 3 N–H and O–H groups in total. The average molecular weight is 385 g/mol. The Labute approximate surface area is 150 Å². The predicted molar refractivity (Wildman–Crippen MR) is 98.1 cm³/mol. The van der Waals surface area contributed by atoms with Crippen molar-refractivity contribution in [2.45, 2.75) is 23.6 Å². The number of nitrogens with two attached hydrogens (primary N) is 1. The van der Waals surface area contributed by atoms with Gasteiger partial charge in [-0.05, 0) is 55.3 Å². The van der Waals surface area contributed by atoms with Crippen LogP contribution in [0.3, 0.4) is 0 Å². The highest BCUT2D eigenvalue weighted by atomic mass is 35.5. The lowest BCUT2D eigenvalue weighted by molar-refractivity contribution is -0.113. The molecular weight excluding hydrogens is 368 g/mol. The summed E-state index contributed by atoms with van der Waals surface area (Å²) < 4.78 is 23.1. The minimum atomic E-state index is -3.83. The zero-order valence-corrected chi connectivity index (χ0v) is 15.6. The average Bonchev–Trinajstić information content (AvgIpc) is 2.48. The van der Waals surface area contributed by atoms with Gasteiger partial charge in [-0.3, -0.25) is 4.79 Å². The van der Waals surface area contributed by atoms with Crippen LogP contribution in [0.5, 0.6) is 0 Å². The van der Waals surface area contributed by atoms with E-state index in [0.29, 0.717) is 10.7 Å². The normalized spacial score (nSPS) is 11.3. The van der Waals surface area contributed by atoms with Gasteiger partial charge in [0.15, 0.2) is 0 Å². The number of amides is 1. The summed E-state index contributed by atoms with van der Waals surface area (Å²) in [7, 11) is -3.83. The first-order chi connectivity index (χ1) is 11.2. The van der Waals surface area contributed by atoms with Gasteiger partial charge in [0.25, 0.3) is 0 Å². The van der Waals surface area contributed by atoms with E-state index in [1.165, 1.54) is 23.9 Å². The van der Waals surface area contributed by atoms with Crippen molar-refractivity contribution in [2.24, 2.45) is 5.14 Å². The maximum atomic E-state index is 12.1. The van der Waals surface area contributed by atoms with Gasteiger partial charge in [0.1, 0.15) is 0 Å². The number of hydrogen-bond donors (Lipinski definition) is 2. The van der Waals surface area contributed by atoms with Crippen molar-refractivity contribution in [3.63, 3.8) is 0 Å². The lowest BCUT2D eigenvalue weighted by Crippen LogP contribution is -2.17. The molecule has 0 aliphatic carbocycles. The zero-order chi connectivity index (χ0) is 17.9. The van der Waals surface area contributed by atoms with Crippen molar-refractivity contribution in [1.82, 2.24) is 0 Å². The Morgan fingerprint density at radius 3 is 2.58 bits per heavy atom. The Bertz CT molecular complexity index is 883. The second-order valence-corrected chi connectivity index (χ2v) is 8.30. The van der Waals surface area contributed by atoms with Gasteiger partial charge in [-0.25, -0.2) is 13.6 Å². The number of aryl methyl sites for hydroxylation is 1. The number of hydrogen-bond acceptors (Lipinski definition) is 4. The highest BCUT2D eigenvalue weighted by molar-refractivity contribution is 8.00. The predicted octanol–water partition coefficient (Wildman–Crippen LogP) is 3.34. The number of primary sulfonamides is 1. The maximum absolute atomic E-state index is 12.1. The molecule has 24 heavy (non-hydrogen) atoms. The van der Waals surface area contributed by atoms with Crippen LogP contribution in [-0.4, -0.2) is 20.1 Å². The van der Waals surface area contributed by atoms with Crippen LogP contribution in [0.25, 0.3) is 0 Å². The van der Waals surface area contributed by atoms with Crippen LogP contribution in [0.1, 0.15) is 11.1 Å². The molecule has 128 valence electrons. The molecular formula is C16H17ClN2O3S2. The van der Waals surface area contributed by atoms with Crippen molar-refractivity contribution >= 4 is 45.0 Å². The van der Waals surface area contributed by atoms with Gasteiger partial charge in [0.2, 0.25) is 15.9 Å². The highest BCUT2D eigenvalue weighted by Crippen LogP contribution is 2.25. The molecule has 0 aliphatic rings. The smallest absolute Gasteiger partial charge is 0.238 e. The first-order valence-corrected chi connectivity index (χ1v) is 9.90. The SMILES string of the molecule is Cc1cc(S(N)(=O)=O)cc(NC(=O)CSc2cccc(Cl)c2)c1C. The van der Waals surface area contributed by atoms with Gasteiger partial charge < -0.3 is 5.32 Å². The molecule has 1 amide bonds. The summed E-state index contributed by atoms with van der Waals surface area (Å²) in [5, 5.41) is 8.51. The number of sulfonamides is 1. The number of rotatable bonds is 5. The first kappa shape index (κ1) is 18.8. The minimum Gasteiger partial charge on any atom is -0.325 e. The van der Waals surface area contributed by atoms with E-state index in [1.807, 2.05) is 19.1 Å². The van der Waals surface area contributed by atoms with Gasteiger partial charge in [0, 0.05) is 15.6 Å². The third-order valence-electron chi connectivity index (χ3n) is 3.41. The van der Waals surface area contributed by atoms with Crippen molar-refractivity contribution < 1.29 is 13.2 Å². The summed E-state index contributed by atoms with van der Waals surface area (Å²) in [5.41, 5.74) is 1.97. The Hall–Kier alpha value is -1.54. The van der Waals surface area contributed by atoms with Crippen LogP contribution in [-0.2, 0) is 14.8 Å². The van der Waals surface area contributed by atoms with Crippen molar-refractivity contribution in [1.29, 1.82) is 0 Å². The van der Waals surface area contributed by atoms with E-state index in [0.717, 1.165) is 16.0 Å². The molecule has 2 aromatic carbocycles. The maximum Gasteiger partial charge on any atom is 0.238 e. The standard InChI is InChI=1S/C16H17ClN2O3S2/c1-10-6-14(24(18,21)22)8-15(11(10)2)19-16(20)9-23-13-5-3-4-12(17)7-13/h3-8H,9H2,1-2H3,(H,19,20)(H2,18,21,22). The van der Waals surface area contributed by atoms with Crippen LogP contribution in [0.15, 0.2) is 46.2 Å². The lowest BCUT2D eigenvalue weighted by Gasteiger charge is -2.12. The third kappa shape index (κ3) is 4.98. The van der Waals surface area contributed by atoms with Crippen LogP contribution in [0.4, 0.5) is 5.69 Å². The van der Waals surface area contributed by atoms with Crippen molar-refractivity contribution in [2.75, 3.05) is 11.1 Å². The second-order valence-electron chi connectivity index (χ2n) is 5.25. The summed E-state index contributed by atoms with van der Waals surface area (Å²) in [6.45, 7) is 3.57. The summed E-state index contributed by atoms with van der Waals surface area (Å²) in [5.74, 6) is -0.0626. The summed E-state index contributed by atoms with van der Waals surface area (Å²) >= 11 is 7.25. The number of thioether (sulfide) groups is 1. The molecule has 0 bridgehead atoms. The van der Waals surface area contributed by atoms with Gasteiger partial charge in [-0.15, -0.1) is 11.8 Å². The van der Waals surface area contributed by atoms with Crippen LogP contribution < -0.4 is 10.5 Å². The number of anilines is 1. The van der Waals surface area contributed by atoms with Crippen LogP contribution in [0.2, 0.25) is 5.02 Å². The first-order valence-electron chi connectivity index (χ1n) is 6.99. The fourth-order valence-electron chi connectivity index (χ4n) is 2.01. The number of carbonyl (C=O) groups excluding carboxylic acids is 1. The van der Waals surface area contributed by atoms with Crippen molar-refractivity contribution in [3.05, 3.63) is 52.5 Å².